The lowest BCUT2D eigenvalue weighted by Gasteiger charge is -2.42. The van der Waals surface area contributed by atoms with Crippen LogP contribution in [0.25, 0.3) is 0 Å². The fourth-order valence-electron chi connectivity index (χ4n) is 4.64. The zero-order chi connectivity index (χ0) is 18.5. The Morgan fingerprint density at radius 3 is 2.46 bits per heavy atom. The Bertz CT molecular complexity index is 560. The first-order chi connectivity index (χ1) is 12.6. The van der Waals surface area contributed by atoms with Gasteiger partial charge in [-0.05, 0) is 36.0 Å². The number of hydrogen-bond donors (Lipinski definition) is 2. The molecular formula is C21H34N2O3. The van der Waals surface area contributed by atoms with Crippen LogP contribution in [0.2, 0.25) is 0 Å². The summed E-state index contributed by atoms with van der Waals surface area (Å²) in [7, 11) is 1.61. The molecule has 2 unspecified atom stereocenters. The molecule has 0 spiro atoms. The van der Waals surface area contributed by atoms with E-state index in [2.05, 4.69) is 16.7 Å². The average Bonchev–Trinajstić information content (AvgIpc) is 2.67. The van der Waals surface area contributed by atoms with Crippen molar-refractivity contribution in [1.82, 2.24) is 9.80 Å². The monoisotopic (exact) mass is 362 g/mol. The SMILES string of the molecule is COc1cc(CN2CCN(C3CCCC(C)C3)CC2)cc(CO)c1CO. The molecule has 0 aromatic heterocycles. The summed E-state index contributed by atoms with van der Waals surface area (Å²) in [6.45, 7) is 7.54. The van der Waals surface area contributed by atoms with Crippen molar-refractivity contribution < 1.29 is 14.9 Å². The fraction of sp³-hybridized carbons (Fsp3) is 0.714. The maximum absolute atomic E-state index is 9.61. The van der Waals surface area contributed by atoms with E-state index in [1.54, 1.807) is 7.11 Å². The quantitative estimate of drug-likeness (QED) is 0.814. The van der Waals surface area contributed by atoms with Crippen molar-refractivity contribution in [2.24, 2.45) is 5.92 Å². The van der Waals surface area contributed by atoms with Crippen molar-refractivity contribution in [2.75, 3.05) is 33.3 Å². The first-order valence-electron chi connectivity index (χ1n) is 10.0. The normalized spacial score (nSPS) is 25.4. The Kier molecular flexibility index (Phi) is 6.92. The molecule has 0 radical (unpaired) electrons. The molecule has 2 N–H and O–H groups in total. The highest BCUT2D eigenvalue weighted by molar-refractivity contribution is 5.43. The van der Waals surface area contributed by atoms with E-state index < -0.39 is 0 Å². The summed E-state index contributed by atoms with van der Waals surface area (Å²) in [4.78, 5) is 5.18. The number of benzene rings is 1. The standard InChI is InChI=1S/C21H34N2O3/c1-16-4-3-5-19(10-16)23-8-6-22(7-9-23)13-17-11-18(14-24)20(15-25)21(12-17)26-2/h11-12,16,19,24-25H,3-10,13-15H2,1-2H3. The van der Waals surface area contributed by atoms with E-state index in [9.17, 15) is 10.2 Å². The van der Waals surface area contributed by atoms with Gasteiger partial charge in [-0.3, -0.25) is 9.80 Å². The number of methoxy groups -OCH3 is 1. The van der Waals surface area contributed by atoms with Gasteiger partial charge in [0, 0.05) is 44.3 Å². The third kappa shape index (κ3) is 4.58. The molecule has 1 aliphatic heterocycles. The number of aliphatic hydroxyl groups is 2. The number of rotatable bonds is 6. The second-order valence-electron chi connectivity index (χ2n) is 7.99. The molecule has 1 saturated heterocycles. The van der Waals surface area contributed by atoms with Gasteiger partial charge in [0.25, 0.3) is 0 Å². The number of nitrogens with zero attached hydrogens (tertiary/aromatic N) is 2. The maximum atomic E-state index is 9.61. The van der Waals surface area contributed by atoms with Gasteiger partial charge >= 0.3 is 0 Å². The van der Waals surface area contributed by atoms with Gasteiger partial charge in [0.1, 0.15) is 5.75 Å². The van der Waals surface area contributed by atoms with E-state index in [0.29, 0.717) is 11.3 Å². The van der Waals surface area contributed by atoms with Gasteiger partial charge in [-0.1, -0.05) is 25.8 Å². The van der Waals surface area contributed by atoms with Crippen LogP contribution in [0.3, 0.4) is 0 Å². The van der Waals surface area contributed by atoms with Crippen LogP contribution >= 0.6 is 0 Å². The van der Waals surface area contributed by atoms with Crippen LogP contribution in [0.4, 0.5) is 0 Å². The second kappa shape index (κ2) is 9.18. The highest BCUT2D eigenvalue weighted by atomic mass is 16.5. The first kappa shape index (κ1) is 19.6. The molecule has 1 aromatic carbocycles. The molecule has 26 heavy (non-hydrogen) atoms. The molecule has 0 amide bonds. The predicted octanol–water partition coefficient (Wildman–Crippen LogP) is 2.38. The summed E-state index contributed by atoms with van der Waals surface area (Å²) in [6, 6.07) is 4.79. The lowest BCUT2D eigenvalue weighted by molar-refractivity contribution is 0.0658. The highest BCUT2D eigenvalue weighted by Crippen LogP contribution is 2.29. The molecule has 5 heteroatoms. The van der Waals surface area contributed by atoms with Crippen molar-refractivity contribution in [3.8, 4) is 5.75 Å². The minimum Gasteiger partial charge on any atom is -0.496 e. The molecule has 5 nitrogen and oxygen atoms in total. The molecular weight excluding hydrogens is 328 g/mol. The van der Waals surface area contributed by atoms with Crippen LogP contribution in [0, 0.1) is 5.92 Å². The van der Waals surface area contributed by atoms with Crippen molar-refractivity contribution >= 4 is 0 Å². The van der Waals surface area contributed by atoms with Gasteiger partial charge in [0.05, 0.1) is 20.3 Å². The minimum absolute atomic E-state index is 0.0757. The number of ether oxygens (including phenoxy) is 1. The van der Waals surface area contributed by atoms with Gasteiger partial charge in [-0.15, -0.1) is 0 Å². The summed E-state index contributed by atoms with van der Waals surface area (Å²) in [6.07, 6.45) is 5.51. The van der Waals surface area contributed by atoms with Crippen molar-refractivity contribution in [1.29, 1.82) is 0 Å². The minimum atomic E-state index is -0.113. The Balaban J connectivity index is 1.59. The van der Waals surface area contributed by atoms with Crippen LogP contribution < -0.4 is 4.74 Å². The Labute approximate surface area is 157 Å². The summed E-state index contributed by atoms with van der Waals surface area (Å²) in [5.74, 6) is 1.55. The Morgan fingerprint density at radius 2 is 1.85 bits per heavy atom. The van der Waals surface area contributed by atoms with Gasteiger partial charge < -0.3 is 14.9 Å². The van der Waals surface area contributed by atoms with E-state index in [0.717, 1.165) is 55.8 Å². The molecule has 1 aliphatic carbocycles. The molecule has 1 aromatic rings. The second-order valence-corrected chi connectivity index (χ2v) is 7.99. The zero-order valence-electron chi connectivity index (χ0n) is 16.3. The molecule has 0 bridgehead atoms. The van der Waals surface area contributed by atoms with Gasteiger partial charge in [-0.25, -0.2) is 0 Å². The molecule has 1 saturated carbocycles. The van der Waals surface area contributed by atoms with Gasteiger partial charge in [0.2, 0.25) is 0 Å². The molecule has 2 fully saturated rings. The van der Waals surface area contributed by atoms with Crippen molar-refractivity contribution in [3.63, 3.8) is 0 Å². The number of aliphatic hydroxyl groups excluding tert-OH is 2. The number of hydrogen-bond acceptors (Lipinski definition) is 5. The first-order valence-corrected chi connectivity index (χ1v) is 10.0. The van der Waals surface area contributed by atoms with Crippen LogP contribution in [-0.4, -0.2) is 59.3 Å². The third-order valence-corrected chi connectivity index (χ3v) is 6.15. The van der Waals surface area contributed by atoms with Crippen LogP contribution in [-0.2, 0) is 19.8 Å². The van der Waals surface area contributed by atoms with E-state index in [1.165, 1.54) is 25.7 Å². The van der Waals surface area contributed by atoms with E-state index in [1.807, 2.05) is 12.1 Å². The van der Waals surface area contributed by atoms with Gasteiger partial charge in [0.15, 0.2) is 0 Å². The average molecular weight is 363 g/mol. The lowest BCUT2D eigenvalue weighted by atomic mass is 9.86. The molecule has 146 valence electrons. The van der Waals surface area contributed by atoms with Crippen LogP contribution in [0.1, 0.15) is 49.3 Å². The molecule has 1 heterocycles. The van der Waals surface area contributed by atoms with Crippen molar-refractivity contribution in [3.05, 3.63) is 28.8 Å². The van der Waals surface area contributed by atoms with E-state index in [4.69, 9.17) is 4.74 Å². The van der Waals surface area contributed by atoms with Crippen LogP contribution in [0.5, 0.6) is 5.75 Å². The van der Waals surface area contributed by atoms with E-state index in [-0.39, 0.29) is 13.2 Å². The highest BCUT2D eigenvalue weighted by Gasteiger charge is 2.27. The van der Waals surface area contributed by atoms with Crippen LogP contribution in [0.15, 0.2) is 12.1 Å². The summed E-state index contributed by atoms with van der Waals surface area (Å²) < 4.78 is 5.42. The summed E-state index contributed by atoms with van der Waals surface area (Å²) in [5.41, 5.74) is 2.59. The third-order valence-electron chi connectivity index (χ3n) is 6.15. The maximum Gasteiger partial charge on any atom is 0.125 e. The van der Waals surface area contributed by atoms with E-state index >= 15 is 0 Å². The van der Waals surface area contributed by atoms with Crippen molar-refractivity contribution in [2.45, 2.75) is 58.4 Å². The number of piperazine rings is 1. The van der Waals surface area contributed by atoms with Gasteiger partial charge in [-0.2, -0.15) is 0 Å². The molecule has 2 atom stereocenters. The Morgan fingerprint density at radius 1 is 1.08 bits per heavy atom. The summed E-state index contributed by atoms with van der Waals surface area (Å²) >= 11 is 0. The molecule has 2 aliphatic rings. The largest absolute Gasteiger partial charge is 0.496 e. The Hall–Kier alpha value is -1.14. The smallest absolute Gasteiger partial charge is 0.125 e. The fourth-order valence-corrected chi connectivity index (χ4v) is 4.64. The summed E-state index contributed by atoms with van der Waals surface area (Å²) in [5, 5.41) is 19.2. The predicted molar refractivity (Wildman–Crippen MR) is 103 cm³/mol. The molecule has 3 rings (SSSR count). The zero-order valence-corrected chi connectivity index (χ0v) is 16.3. The lowest BCUT2D eigenvalue weighted by Crippen LogP contribution is -2.50. The topological polar surface area (TPSA) is 56.2 Å².